The van der Waals surface area contributed by atoms with Crippen molar-refractivity contribution in [2.45, 2.75) is 19.3 Å². The summed E-state index contributed by atoms with van der Waals surface area (Å²) in [7, 11) is 0. The standard InChI is InChI=1S/C49H34/c1-49(2)43-25-13-24-42(48(43)47-36-18-6-5-15-32(36)28-29-44(47)49)46-40-22-11-9-20-38(40)45(39-21-10-12-23-41(39)46)37-19-8-7-17-35(37)34-27-26-31-14-3-4-16-33(31)30-34/h3-30H,1-2H3. The Bertz CT molecular complexity index is 2740. The van der Waals surface area contributed by atoms with E-state index >= 15 is 0 Å². The van der Waals surface area contributed by atoms with Gasteiger partial charge in [-0.05, 0) is 105 Å². The molecule has 0 aromatic heterocycles. The van der Waals surface area contributed by atoms with Crippen molar-refractivity contribution in [1.29, 1.82) is 0 Å². The number of rotatable bonds is 3. The summed E-state index contributed by atoms with van der Waals surface area (Å²) in [5.41, 5.74) is 13.1. The number of fused-ring (bicyclic) bond motifs is 8. The van der Waals surface area contributed by atoms with E-state index in [1.54, 1.807) is 0 Å². The molecule has 230 valence electrons. The number of hydrogen-bond acceptors (Lipinski definition) is 0. The van der Waals surface area contributed by atoms with Crippen LogP contribution in [0.25, 0.3) is 87.6 Å². The van der Waals surface area contributed by atoms with Crippen LogP contribution in [0.15, 0.2) is 170 Å². The van der Waals surface area contributed by atoms with Gasteiger partial charge in [-0.2, -0.15) is 0 Å². The van der Waals surface area contributed by atoms with Gasteiger partial charge in [-0.1, -0.05) is 178 Å². The van der Waals surface area contributed by atoms with Crippen LogP contribution in [0.4, 0.5) is 0 Å². The molecule has 49 heavy (non-hydrogen) atoms. The maximum atomic E-state index is 2.39. The molecule has 1 aliphatic rings. The second-order valence-corrected chi connectivity index (χ2v) is 14.0. The molecule has 0 aliphatic heterocycles. The Labute approximate surface area is 286 Å². The smallest absolute Gasteiger partial charge is 0.0159 e. The van der Waals surface area contributed by atoms with Crippen LogP contribution in [0.1, 0.15) is 25.0 Å². The van der Waals surface area contributed by atoms with Crippen molar-refractivity contribution < 1.29 is 0 Å². The van der Waals surface area contributed by atoms with Crippen molar-refractivity contribution in [1.82, 2.24) is 0 Å². The summed E-state index contributed by atoms with van der Waals surface area (Å²) >= 11 is 0. The highest BCUT2D eigenvalue weighted by atomic mass is 14.4. The fourth-order valence-corrected chi connectivity index (χ4v) is 8.78. The molecule has 0 spiro atoms. The van der Waals surface area contributed by atoms with Gasteiger partial charge in [-0.25, -0.2) is 0 Å². The van der Waals surface area contributed by atoms with Crippen molar-refractivity contribution >= 4 is 43.1 Å². The van der Waals surface area contributed by atoms with Crippen molar-refractivity contribution in [3.05, 3.63) is 181 Å². The molecule has 0 heterocycles. The molecular formula is C49H34. The lowest BCUT2D eigenvalue weighted by Gasteiger charge is -2.23. The lowest BCUT2D eigenvalue weighted by Crippen LogP contribution is -2.14. The summed E-state index contributed by atoms with van der Waals surface area (Å²) < 4.78 is 0. The fraction of sp³-hybridized carbons (Fsp3) is 0.0612. The molecule has 0 heteroatoms. The Balaban J connectivity index is 1.31. The van der Waals surface area contributed by atoms with E-state index in [0.717, 1.165) is 0 Å². The molecule has 0 nitrogen and oxygen atoms in total. The van der Waals surface area contributed by atoms with E-state index in [4.69, 9.17) is 0 Å². The fourth-order valence-electron chi connectivity index (χ4n) is 8.78. The predicted molar refractivity (Wildman–Crippen MR) is 210 cm³/mol. The first kappa shape index (κ1) is 28.1. The van der Waals surface area contributed by atoms with Crippen molar-refractivity contribution in [3.63, 3.8) is 0 Å². The van der Waals surface area contributed by atoms with Gasteiger partial charge in [0.15, 0.2) is 0 Å². The second kappa shape index (κ2) is 10.5. The molecule has 0 bridgehead atoms. The van der Waals surface area contributed by atoms with Crippen LogP contribution < -0.4 is 0 Å². The first-order chi connectivity index (χ1) is 24.1. The minimum Gasteiger partial charge on any atom is -0.0616 e. The third kappa shape index (κ3) is 4.04. The van der Waals surface area contributed by atoms with E-state index in [1.165, 1.54) is 98.7 Å². The Hall–Kier alpha value is -5.98. The minimum absolute atomic E-state index is 0.102. The van der Waals surface area contributed by atoms with E-state index in [0.29, 0.717) is 0 Å². The highest BCUT2D eigenvalue weighted by Gasteiger charge is 2.38. The van der Waals surface area contributed by atoms with Gasteiger partial charge in [-0.15, -0.1) is 0 Å². The Morgan fingerprint density at radius 1 is 0.306 bits per heavy atom. The molecular weight excluding hydrogens is 589 g/mol. The van der Waals surface area contributed by atoms with Gasteiger partial charge in [0.1, 0.15) is 0 Å². The predicted octanol–water partition coefficient (Wildman–Crippen LogP) is 13.6. The van der Waals surface area contributed by atoms with Gasteiger partial charge in [0.05, 0.1) is 0 Å². The molecule has 9 aromatic rings. The molecule has 10 rings (SSSR count). The molecule has 0 unspecified atom stereocenters. The maximum Gasteiger partial charge on any atom is 0.0159 e. The lowest BCUT2D eigenvalue weighted by atomic mass is 9.80. The molecule has 1 aliphatic carbocycles. The van der Waals surface area contributed by atoms with Crippen molar-refractivity contribution in [3.8, 4) is 44.5 Å². The monoisotopic (exact) mass is 622 g/mol. The summed E-state index contributed by atoms with van der Waals surface area (Å²) in [6.45, 7) is 4.78. The zero-order valence-electron chi connectivity index (χ0n) is 27.7. The highest BCUT2D eigenvalue weighted by Crippen LogP contribution is 2.56. The van der Waals surface area contributed by atoms with Gasteiger partial charge >= 0.3 is 0 Å². The molecule has 0 N–H and O–H groups in total. The van der Waals surface area contributed by atoms with Crippen LogP contribution in [0.2, 0.25) is 0 Å². The van der Waals surface area contributed by atoms with Gasteiger partial charge < -0.3 is 0 Å². The van der Waals surface area contributed by atoms with Crippen LogP contribution in [0.3, 0.4) is 0 Å². The summed E-state index contributed by atoms with van der Waals surface area (Å²) in [6, 6.07) is 63.1. The third-order valence-electron chi connectivity index (χ3n) is 11.0. The first-order valence-electron chi connectivity index (χ1n) is 17.3. The van der Waals surface area contributed by atoms with Crippen LogP contribution in [-0.2, 0) is 5.41 Å². The van der Waals surface area contributed by atoms with Crippen LogP contribution in [0, 0.1) is 0 Å². The quantitative estimate of drug-likeness (QED) is 0.172. The molecule has 0 amide bonds. The summed E-state index contributed by atoms with van der Waals surface area (Å²) in [4.78, 5) is 0. The SMILES string of the molecule is CC1(C)c2cccc(-c3c4ccccc4c(-c4ccccc4-c4ccc5ccccc5c4)c4ccccc34)c2-c2c1ccc1ccccc21. The molecule has 0 saturated heterocycles. The number of benzene rings is 9. The van der Waals surface area contributed by atoms with E-state index < -0.39 is 0 Å². The zero-order valence-corrected chi connectivity index (χ0v) is 27.7. The summed E-state index contributed by atoms with van der Waals surface area (Å²) in [5, 5.41) is 10.2. The van der Waals surface area contributed by atoms with E-state index in [1.807, 2.05) is 0 Å². The van der Waals surface area contributed by atoms with Gasteiger partial charge in [0.25, 0.3) is 0 Å². The molecule has 0 radical (unpaired) electrons. The average Bonchev–Trinajstić information content (AvgIpc) is 3.40. The Kier molecular flexibility index (Phi) is 6.02. The van der Waals surface area contributed by atoms with Gasteiger partial charge in [0, 0.05) is 5.41 Å². The van der Waals surface area contributed by atoms with Gasteiger partial charge in [-0.3, -0.25) is 0 Å². The normalized spacial score (nSPS) is 13.3. The number of hydrogen-bond donors (Lipinski definition) is 0. The van der Waals surface area contributed by atoms with Gasteiger partial charge in [0.2, 0.25) is 0 Å². The Morgan fingerprint density at radius 3 is 1.49 bits per heavy atom. The average molecular weight is 623 g/mol. The topological polar surface area (TPSA) is 0 Å². The lowest BCUT2D eigenvalue weighted by molar-refractivity contribution is 0.661. The van der Waals surface area contributed by atoms with Crippen LogP contribution >= 0.6 is 0 Å². The zero-order chi connectivity index (χ0) is 32.7. The van der Waals surface area contributed by atoms with Crippen LogP contribution in [-0.4, -0.2) is 0 Å². The summed E-state index contributed by atoms with van der Waals surface area (Å²) in [5.74, 6) is 0. The van der Waals surface area contributed by atoms with E-state index in [9.17, 15) is 0 Å². The Morgan fingerprint density at radius 2 is 0.796 bits per heavy atom. The van der Waals surface area contributed by atoms with Crippen LogP contribution in [0.5, 0.6) is 0 Å². The molecule has 0 saturated carbocycles. The van der Waals surface area contributed by atoms with Crippen molar-refractivity contribution in [2.75, 3.05) is 0 Å². The third-order valence-corrected chi connectivity index (χ3v) is 11.0. The molecule has 0 atom stereocenters. The maximum absolute atomic E-state index is 2.39. The minimum atomic E-state index is -0.102. The second-order valence-electron chi connectivity index (χ2n) is 14.0. The summed E-state index contributed by atoms with van der Waals surface area (Å²) in [6.07, 6.45) is 0. The molecule has 0 fully saturated rings. The first-order valence-corrected chi connectivity index (χ1v) is 17.3. The van der Waals surface area contributed by atoms with E-state index in [2.05, 4.69) is 184 Å². The molecule has 9 aromatic carbocycles. The largest absolute Gasteiger partial charge is 0.0616 e. The van der Waals surface area contributed by atoms with Crippen molar-refractivity contribution in [2.24, 2.45) is 0 Å². The highest BCUT2D eigenvalue weighted by molar-refractivity contribution is 6.24. The van der Waals surface area contributed by atoms with E-state index in [-0.39, 0.29) is 5.41 Å².